The molecule has 0 radical (unpaired) electrons. The Labute approximate surface area is 175 Å². The van der Waals surface area contributed by atoms with Gasteiger partial charge in [0.25, 0.3) is 5.91 Å². The lowest BCUT2D eigenvalue weighted by atomic mass is 9.97. The Morgan fingerprint density at radius 2 is 1.80 bits per heavy atom. The number of hydrogen-bond donors (Lipinski definition) is 1. The number of amides is 1. The zero-order valence-corrected chi connectivity index (χ0v) is 17.8. The summed E-state index contributed by atoms with van der Waals surface area (Å²) in [6.45, 7) is 1.90. The van der Waals surface area contributed by atoms with Crippen LogP contribution in [0.4, 0.5) is 4.39 Å². The van der Waals surface area contributed by atoms with Crippen molar-refractivity contribution in [1.82, 2.24) is 9.29 Å². The molecule has 154 valence electrons. The largest absolute Gasteiger partial charge is 0.342 e. The van der Waals surface area contributed by atoms with Gasteiger partial charge in [0.1, 0.15) is 17.6 Å². The number of nitrogens with zero attached hydrogens (tertiary/aromatic N) is 2. The first kappa shape index (κ1) is 21.3. The summed E-state index contributed by atoms with van der Waals surface area (Å²) in [5.74, 6) is 2.58. The third-order valence-electron chi connectivity index (χ3n) is 4.84. The Balaban J connectivity index is 2.19. The lowest BCUT2D eigenvalue weighted by molar-refractivity contribution is 0.0975. The topological polar surface area (TPSA) is 74.9 Å². The van der Waals surface area contributed by atoms with Crippen LogP contribution in [0.2, 0.25) is 0 Å². The first-order valence-corrected chi connectivity index (χ1v) is 11.4. The van der Waals surface area contributed by atoms with E-state index in [9.17, 15) is 18.7 Å². The maximum absolute atomic E-state index is 14.1. The number of hydrogen-bond acceptors (Lipinski definition) is 3. The zero-order chi connectivity index (χ0) is 22.1. The van der Waals surface area contributed by atoms with Gasteiger partial charge in [-0.25, -0.2) is 8.60 Å². The van der Waals surface area contributed by atoms with Gasteiger partial charge in [-0.15, -0.1) is 0 Å². The van der Waals surface area contributed by atoms with Crippen LogP contribution in [0.3, 0.4) is 0 Å². The fourth-order valence-electron chi connectivity index (χ4n) is 3.57. The highest BCUT2D eigenvalue weighted by Gasteiger charge is 2.26. The van der Waals surface area contributed by atoms with Gasteiger partial charge in [0, 0.05) is 39.8 Å². The average molecular weight is 424 g/mol. The highest BCUT2D eigenvalue weighted by molar-refractivity contribution is 7.98. The molecule has 1 aromatic heterocycles. The molecule has 0 aliphatic heterocycles. The number of aromatic nitrogens is 1. The minimum Gasteiger partial charge on any atom is -0.342 e. The van der Waals surface area contributed by atoms with Crippen molar-refractivity contribution in [3.8, 4) is 28.3 Å². The molecule has 5 nitrogen and oxygen atoms in total. The first-order chi connectivity index (χ1) is 14.2. The molecule has 1 N–H and O–H groups in total. The zero-order valence-electron chi connectivity index (χ0n) is 17.0. The molecule has 7 heteroatoms. The summed E-state index contributed by atoms with van der Waals surface area (Å²) in [6.07, 6.45) is 1.88. The minimum absolute atomic E-state index is 0.236. The molecule has 0 bridgehead atoms. The molecular weight excluding hydrogens is 401 g/mol. The van der Waals surface area contributed by atoms with Crippen molar-refractivity contribution < 1.29 is 13.4 Å². The van der Waals surface area contributed by atoms with Gasteiger partial charge in [0.15, 0.2) is 0 Å². The fraction of sp³-hybridized carbons (Fsp3) is 0.174. The molecule has 1 unspecified atom stereocenters. The second-order valence-corrected chi connectivity index (χ2v) is 9.28. The standard InChI is InChI=1S/C23H22FN3O2S/c1-5-20-18(14-25)21(22(27(20)2)23(28)26-30(3,4)29)16-12-10-15(11-13-16)17-8-6-7-9-19(17)24/h6-13H,3,5H2,1-2,4H3,(H,26,28,29). The van der Waals surface area contributed by atoms with Gasteiger partial charge < -0.3 is 4.57 Å². The van der Waals surface area contributed by atoms with E-state index in [-0.39, 0.29) is 11.5 Å². The molecule has 1 atom stereocenters. The van der Waals surface area contributed by atoms with E-state index in [4.69, 9.17) is 0 Å². The van der Waals surface area contributed by atoms with Crippen molar-refractivity contribution in [2.45, 2.75) is 13.3 Å². The Hall–Kier alpha value is -3.37. The minimum atomic E-state index is -2.79. The predicted molar refractivity (Wildman–Crippen MR) is 119 cm³/mol. The van der Waals surface area contributed by atoms with Crippen LogP contribution in [0.5, 0.6) is 0 Å². The van der Waals surface area contributed by atoms with Gasteiger partial charge >= 0.3 is 0 Å². The number of carbonyl (C=O) groups excluding carboxylic acids is 1. The normalized spacial score (nSPS) is 12.8. The maximum atomic E-state index is 14.1. The lowest BCUT2D eigenvalue weighted by Gasteiger charge is -2.11. The molecule has 1 heterocycles. The van der Waals surface area contributed by atoms with Crippen LogP contribution < -0.4 is 4.72 Å². The summed E-state index contributed by atoms with van der Waals surface area (Å²) in [6, 6.07) is 15.7. The summed E-state index contributed by atoms with van der Waals surface area (Å²) in [5.41, 5.74) is 3.56. The fourth-order valence-corrected chi connectivity index (χ4v) is 4.06. The van der Waals surface area contributed by atoms with Gasteiger partial charge in [0.2, 0.25) is 0 Å². The molecule has 30 heavy (non-hydrogen) atoms. The summed E-state index contributed by atoms with van der Waals surface area (Å²) in [4.78, 5) is 12.9. The van der Waals surface area contributed by atoms with Crippen LogP contribution in [0.25, 0.3) is 22.3 Å². The summed E-state index contributed by atoms with van der Waals surface area (Å²) in [7, 11) is -1.09. The number of halogens is 1. The number of nitrogens with one attached hydrogen (secondary N) is 1. The predicted octanol–water partition coefficient (Wildman–Crippen LogP) is 3.92. The van der Waals surface area contributed by atoms with Crippen LogP contribution in [0.1, 0.15) is 28.7 Å². The van der Waals surface area contributed by atoms with E-state index in [2.05, 4.69) is 16.7 Å². The quantitative estimate of drug-likeness (QED) is 0.632. The van der Waals surface area contributed by atoms with E-state index in [1.807, 2.05) is 6.92 Å². The van der Waals surface area contributed by atoms with Crippen LogP contribution >= 0.6 is 0 Å². The van der Waals surface area contributed by atoms with Crippen molar-refractivity contribution in [2.24, 2.45) is 7.05 Å². The first-order valence-electron chi connectivity index (χ1n) is 9.29. The summed E-state index contributed by atoms with van der Waals surface area (Å²) in [5, 5.41) is 9.80. The summed E-state index contributed by atoms with van der Waals surface area (Å²) < 4.78 is 30.2. The van der Waals surface area contributed by atoms with E-state index < -0.39 is 15.6 Å². The SMILES string of the molecule is C=S(C)(=O)NC(=O)c1c(-c2ccc(-c3ccccc3F)cc2)c(C#N)c(CC)n1C. The van der Waals surface area contributed by atoms with Gasteiger partial charge in [-0.1, -0.05) is 49.4 Å². The number of nitriles is 1. The van der Waals surface area contributed by atoms with E-state index >= 15 is 0 Å². The van der Waals surface area contributed by atoms with E-state index in [1.54, 1.807) is 54.1 Å². The lowest BCUT2D eigenvalue weighted by Crippen LogP contribution is -2.31. The van der Waals surface area contributed by atoms with Crippen LogP contribution in [-0.2, 0) is 23.2 Å². The van der Waals surface area contributed by atoms with Gasteiger partial charge in [-0.05, 0) is 29.5 Å². The highest BCUT2D eigenvalue weighted by atomic mass is 32.2. The second kappa shape index (κ2) is 8.17. The average Bonchev–Trinajstić information content (AvgIpc) is 2.98. The van der Waals surface area contributed by atoms with Crippen LogP contribution in [0, 0.1) is 17.1 Å². The Morgan fingerprint density at radius 3 is 2.33 bits per heavy atom. The molecule has 0 fully saturated rings. The molecule has 0 saturated carbocycles. The van der Waals surface area contributed by atoms with E-state index in [0.717, 1.165) is 0 Å². The molecule has 0 saturated heterocycles. The number of benzene rings is 2. The third-order valence-corrected chi connectivity index (χ3v) is 5.46. The summed E-state index contributed by atoms with van der Waals surface area (Å²) >= 11 is 0. The van der Waals surface area contributed by atoms with Crippen LogP contribution in [0.15, 0.2) is 48.5 Å². The maximum Gasteiger partial charge on any atom is 0.279 e. The second-order valence-electron chi connectivity index (χ2n) is 7.06. The van der Waals surface area contributed by atoms with Crippen molar-refractivity contribution in [3.63, 3.8) is 0 Å². The number of rotatable bonds is 5. The van der Waals surface area contributed by atoms with Crippen molar-refractivity contribution in [2.75, 3.05) is 6.26 Å². The highest BCUT2D eigenvalue weighted by Crippen LogP contribution is 2.34. The Bertz CT molecular complexity index is 1270. The van der Waals surface area contributed by atoms with Gasteiger partial charge in [-0.2, -0.15) is 5.26 Å². The molecule has 2 aromatic carbocycles. The van der Waals surface area contributed by atoms with E-state index in [1.165, 1.54) is 12.3 Å². The Morgan fingerprint density at radius 1 is 1.20 bits per heavy atom. The molecule has 3 rings (SSSR count). The van der Waals surface area contributed by atoms with Gasteiger partial charge in [-0.3, -0.25) is 9.52 Å². The van der Waals surface area contributed by atoms with Crippen molar-refractivity contribution in [1.29, 1.82) is 5.26 Å². The monoisotopic (exact) mass is 423 g/mol. The molecule has 0 aliphatic carbocycles. The van der Waals surface area contributed by atoms with Gasteiger partial charge in [0.05, 0.1) is 5.56 Å². The van der Waals surface area contributed by atoms with E-state index in [0.29, 0.717) is 39.9 Å². The van der Waals surface area contributed by atoms with Crippen molar-refractivity contribution >= 4 is 21.5 Å². The molecule has 0 spiro atoms. The molecule has 0 aliphatic rings. The molecule has 1 amide bonds. The Kier molecular flexibility index (Phi) is 5.81. The van der Waals surface area contributed by atoms with Crippen LogP contribution in [-0.4, -0.2) is 26.8 Å². The number of carbonyl (C=O) groups is 1. The molecular formula is C23H22FN3O2S. The smallest absolute Gasteiger partial charge is 0.279 e. The van der Waals surface area contributed by atoms with Crippen molar-refractivity contribution in [3.05, 3.63) is 71.3 Å². The third kappa shape index (κ3) is 4.00. The molecule has 3 aromatic rings.